The van der Waals surface area contributed by atoms with Crippen LogP contribution in [0, 0.1) is 6.92 Å². The van der Waals surface area contributed by atoms with Crippen LogP contribution in [0.5, 0.6) is 0 Å². The number of hydrogen-bond donors (Lipinski definition) is 0. The summed E-state index contributed by atoms with van der Waals surface area (Å²) in [5.74, 6) is -1.38. The number of benzene rings is 2. The fourth-order valence-corrected chi connectivity index (χ4v) is 3.71. The smallest absolute Gasteiger partial charge is 0.354 e. The van der Waals surface area contributed by atoms with Gasteiger partial charge in [0.15, 0.2) is 0 Å². The van der Waals surface area contributed by atoms with Gasteiger partial charge in [0, 0.05) is 18.2 Å². The lowest BCUT2D eigenvalue weighted by molar-refractivity contribution is -0.137. The van der Waals surface area contributed by atoms with Crippen LogP contribution in [0.15, 0.2) is 59.7 Å². The summed E-state index contributed by atoms with van der Waals surface area (Å²) in [6, 6.07) is 16.3. The number of pyridine rings is 1. The van der Waals surface area contributed by atoms with Crippen molar-refractivity contribution in [3.05, 3.63) is 71.4 Å². The number of fused-ring (bicyclic) bond motifs is 1. The fraction of sp³-hybridized carbons (Fsp3) is 0.240. The molecule has 0 aliphatic carbocycles. The number of carbonyl (C=O) groups is 3. The maximum Gasteiger partial charge on any atom is 0.354 e. The van der Waals surface area contributed by atoms with Gasteiger partial charge in [0.2, 0.25) is 5.91 Å². The van der Waals surface area contributed by atoms with Crippen molar-refractivity contribution in [2.45, 2.75) is 33.3 Å². The number of aryl methyl sites for hydroxylation is 1. The first kappa shape index (κ1) is 22.1. The molecule has 4 rings (SSSR count). The van der Waals surface area contributed by atoms with Crippen LogP contribution >= 0.6 is 0 Å². The molecule has 0 atom stereocenters. The van der Waals surface area contributed by atoms with Gasteiger partial charge in [-0.15, -0.1) is 0 Å². The molecule has 0 saturated heterocycles. The molecule has 1 aromatic heterocycles. The second-order valence-corrected chi connectivity index (χ2v) is 7.46. The summed E-state index contributed by atoms with van der Waals surface area (Å²) in [5.41, 5.74) is 2.70. The average molecular weight is 445 g/mol. The van der Waals surface area contributed by atoms with E-state index in [0.717, 1.165) is 5.39 Å². The zero-order valence-electron chi connectivity index (χ0n) is 18.4. The fourth-order valence-electron chi connectivity index (χ4n) is 3.71. The molecular weight excluding hydrogens is 422 g/mol. The zero-order valence-corrected chi connectivity index (χ0v) is 18.4. The van der Waals surface area contributed by atoms with E-state index in [0.29, 0.717) is 22.5 Å². The van der Waals surface area contributed by atoms with Gasteiger partial charge in [-0.1, -0.05) is 36.4 Å². The Balaban J connectivity index is 1.60. The van der Waals surface area contributed by atoms with E-state index in [-0.39, 0.29) is 43.2 Å². The summed E-state index contributed by atoms with van der Waals surface area (Å²) in [6.45, 7) is 3.53. The van der Waals surface area contributed by atoms with Gasteiger partial charge in [0.25, 0.3) is 0 Å². The predicted octanol–water partition coefficient (Wildman–Crippen LogP) is 3.95. The minimum atomic E-state index is -0.661. The molecule has 168 valence electrons. The van der Waals surface area contributed by atoms with E-state index in [4.69, 9.17) is 9.47 Å². The van der Waals surface area contributed by atoms with Crippen LogP contribution in [0.4, 0.5) is 5.69 Å². The van der Waals surface area contributed by atoms with Crippen molar-refractivity contribution in [1.82, 2.24) is 4.98 Å². The van der Waals surface area contributed by atoms with Gasteiger partial charge in [0.1, 0.15) is 12.3 Å². The zero-order chi connectivity index (χ0) is 23.4. The first-order valence-corrected chi connectivity index (χ1v) is 10.7. The topological polar surface area (TPSA) is 98.2 Å². The first-order chi connectivity index (χ1) is 16.0. The van der Waals surface area contributed by atoms with Crippen LogP contribution in [0.3, 0.4) is 0 Å². The van der Waals surface area contributed by atoms with Gasteiger partial charge in [-0.2, -0.15) is 5.10 Å². The van der Waals surface area contributed by atoms with Crippen LogP contribution in [-0.4, -0.2) is 35.1 Å². The van der Waals surface area contributed by atoms with Crippen LogP contribution in [0.1, 0.15) is 41.4 Å². The number of hydrazone groups is 1. The van der Waals surface area contributed by atoms with Gasteiger partial charge < -0.3 is 9.47 Å². The van der Waals surface area contributed by atoms with Crippen molar-refractivity contribution in [2.24, 2.45) is 5.10 Å². The van der Waals surface area contributed by atoms with Gasteiger partial charge in [0.05, 0.1) is 29.1 Å². The van der Waals surface area contributed by atoms with E-state index >= 15 is 0 Å². The molecule has 3 aromatic rings. The Labute approximate surface area is 190 Å². The van der Waals surface area contributed by atoms with Gasteiger partial charge in [-0.3, -0.25) is 4.79 Å². The molecule has 0 N–H and O–H groups in total. The molecule has 8 heteroatoms. The summed E-state index contributed by atoms with van der Waals surface area (Å²) < 4.78 is 10.7. The molecule has 2 aromatic carbocycles. The molecule has 1 amide bonds. The Bertz CT molecular complexity index is 1250. The normalized spacial score (nSPS) is 13.6. The third kappa shape index (κ3) is 4.59. The van der Waals surface area contributed by atoms with Crippen molar-refractivity contribution >= 4 is 40.1 Å². The highest BCUT2D eigenvalue weighted by atomic mass is 16.5. The molecule has 1 aliphatic rings. The Morgan fingerprint density at radius 1 is 0.970 bits per heavy atom. The number of ether oxygens (including phenoxy) is 2. The standard InChI is InChI=1S/C25H23N3O5/c1-3-32-25(31)23-16(2)18-11-7-8-12-19(18)26-21(23)15-33-24(30)20-13-14-22(29)28(27-20)17-9-5-4-6-10-17/h4-12H,3,13-15H2,1-2H3. The molecule has 0 bridgehead atoms. The molecule has 0 fully saturated rings. The molecule has 8 nitrogen and oxygen atoms in total. The number of anilines is 1. The Kier molecular flexibility index (Phi) is 6.44. The van der Waals surface area contributed by atoms with Crippen LogP contribution < -0.4 is 5.01 Å². The summed E-state index contributed by atoms with van der Waals surface area (Å²) in [7, 11) is 0. The lowest BCUT2D eigenvalue weighted by Gasteiger charge is -2.22. The quantitative estimate of drug-likeness (QED) is 0.533. The van der Waals surface area contributed by atoms with E-state index in [9.17, 15) is 14.4 Å². The average Bonchev–Trinajstić information content (AvgIpc) is 2.83. The molecule has 0 unspecified atom stereocenters. The molecule has 0 spiro atoms. The van der Waals surface area contributed by atoms with Crippen LogP contribution in [0.2, 0.25) is 0 Å². The van der Waals surface area contributed by atoms with E-state index in [1.807, 2.05) is 37.3 Å². The number of amides is 1. The molecule has 0 saturated carbocycles. The van der Waals surface area contributed by atoms with Crippen LogP contribution in [0.25, 0.3) is 10.9 Å². The minimum absolute atomic E-state index is 0.133. The monoisotopic (exact) mass is 445 g/mol. The lowest BCUT2D eigenvalue weighted by Crippen LogP contribution is -2.35. The third-order valence-corrected chi connectivity index (χ3v) is 5.32. The van der Waals surface area contributed by atoms with E-state index < -0.39 is 11.9 Å². The molecule has 33 heavy (non-hydrogen) atoms. The van der Waals surface area contributed by atoms with Gasteiger partial charge in [-0.05, 0) is 37.6 Å². The minimum Gasteiger partial charge on any atom is -0.462 e. The summed E-state index contributed by atoms with van der Waals surface area (Å²) in [6.07, 6.45) is 0.320. The number of hydrogen-bond acceptors (Lipinski definition) is 7. The van der Waals surface area contributed by atoms with Crippen molar-refractivity contribution in [1.29, 1.82) is 0 Å². The van der Waals surface area contributed by atoms with Crippen molar-refractivity contribution in [3.63, 3.8) is 0 Å². The Morgan fingerprint density at radius 3 is 2.45 bits per heavy atom. The maximum absolute atomic E-state index is 12.8. The number of esters is 2. The number of nitrogens with zero attached hydrogens (tertiary/aromatic N) is 3. The van der Waals surface area contributed by atoms with Gasteiger partial charge in [-0.25, -0.2) is 19.6 Å². The van der Waals surface area contributed by atoms with Gasteiger partial charge >= 0.3 is 11.9 Å². The Morgan fingerprint density at radius 2 is 1.70 bits per heavy atom. The van der Waals surface area contributed by atoms with E-state index in [2.05, 4.69) is 10.1 Å². The van der Waals surface area contributed by atoms with Crippen molar-refractivity contribution in [3.8, 4) is 0 Å². The largest absolute Gasteiger partial charge is 0.462 e. The first-order valence-electron chi connectivity index (χ1n) is 10.7. The molecule has 2 heterocycles. The molecule has 1 aliphatic heterocycles. The molecule has 0 radical (unpaired) electrons. The van der Waals surface area contributed by atoms with Crippen molar-refractivity contribution < 1.29 is 23.9 Å². The Hall–Kier alpha value is -4.07. The summed E-state index contributed by atoms with van der Waals surface area (Å²) in [4.78, 5) is 42.3. The second kappa shape index (κ2) is 9.60. The number of para-hydroxylation sites is 2. The van der Waals surface area contributed by atoms with E-state index in [1.54, 1.807) is 31.2 Å². The van der Waals surface area contributed by atoms with Crippen molar-refractivity contribution in [2.75, 3.05) is 11.6 Å². The van der Waals surface area contributed by atoms with E-state index in [1.165, 1.54) is 5.01 Å². The maximum atomic E-state index is 12.8. The summed E-state index contributed by atoms with van der Waals surface area (Å²) in [5, 5.41) is 6.25. The SMILES string of the molecule is CCOC(=O)c1c(COC(=O)C2=NN(c3ccccc3)C(=O)CC2)nc2ccccc2c1C. The second-order valence-electron chi connectivity index (χ2n) is 7.46. The highest BCUT2D eigenvalue weighted by Gasteiger charge is 2.27. The highest BCUT2D eigenvalue weighted by molar-refractivity contribution is 6.38. The lowest BCUT2D eigenvalue weighted by atomic mass is 10.0. The highest BCUT2D eigenvalue weighted by Crippen LogP contribution is 2.25. The van der Waals surface area contributed by atoms with Crippen LogP contribution in [-0.2, 0) is 25.7 Å². The number of aromatic nitrogens is 1. The predicted molar refractivity (Wildman–Crippen MR) is 123 cm³/mol. The third-order valence-electron chi connectivity index (χ3n) is 5.32. The number of carbonyl (C=O) groups excluding carboxylic acids is 3. The number of rotatable bonds is 6. The summed E-state index contributed by atoms with van der Waals surface area (Å²) >= 11 is 0. The molecular formula is C25H23N3O5.